The molecule has 0 amide bonds. The molecule has 7 heteroatoms. The quantitative estimate of drug-likeness (QED) is 0.484. The van der Waals surface area contributed by atoms with Crippen molar-refractivity contribution < 1.29 is 10.2 Å². The second-order valence-corrected chi connectivity index (χ2v) is 4.04. The number of hydrogen-bond acceptors (Lipinski definition) is 4. The first-order valence-corrected chi connectivity index (χ1v) is 5.54. The summed E-state index contributed by atoms with van der Waals surface area (Å²) in [5.41, 5.74) is 8.61. The topological polar surface area (TPSA) is 113 Å². The van der Waals surface area contributed by atoms with E-state index in [1.54, 1.807) is 0 Å². The molecule has 1 aromatic rings. The Bertz CT molecular complexity index is 508. The molecule has 0 aliphatic carbocycles. The van der Waals surface area contributed by atoms with Gasteiger partial charge in [0.2, 0.25) is 0 Å². The van der Waals surface area contributed by atoms with Crippen LogP contribution in [0.25, 0.3) is 10.4 Å². The summed E-state index contributed by atoms with van der Waals surface area (Å²) in [5, 5.41) is 32.2. The molecule has 0 saturated carbocycles. The Hall–Kier alpha value is -1.77. The summed E-state index contributed by atoms with van der Waals surface area (Å²) in [4.78, 5) is 2.55. The fourth-order valence-corrected chi connectivity index (χ4v) is 1.66. The zero-order valence-corrected chi connectivity index (χ0v) is 10.1. The van der Waals surface area contributed by atoms with Gasteiger partial charge in [0, 0.05) is 22.0 Å². The largest absolute Gasteiger partial charge is 0.390 e. The van der Waals surface area contributed by atoms with Crippen molar-refractivity contribution in [2.75, 3.05) is 6.54 Å². The number of aliphatic hydroxyl groups excluding tert-OH is 2. The summed E-state index contributed by atoms with van der Waals surface area (Å²) in [6.45, 7) is 0.0666. The van der Waals surface area contributed by atoms with Crippen LogP contribution in [0.2, 0.25) is 5.02 Å². The molecule has 94 valence electrons. The van der Waals surface area contributed by atoms with Crippen molar-refractivity contribution in [1.82, 2.24) is 0 Å². The highest BCUT2D eigenvalue weighted by atomic mass is 35.5. The molecule has 0 aromatic heterocycles. The maximum absolute atomic E-state index is 9.93. The molecule has 2 unspecified atom stereocenters. The molecule has 2 N–H and O–H groups in total. The molecule has 0 aliphatic heterocycles. The van der Waals surface area contributed by atoms with Crippen molar-refractivity contribution >= 4 is 11.6 Å². The van der Waals surface area contributed by atoms with Crippen LogP contribution in [-0.4, -0.2) is 22.9 Å². The van der Waals surface area contributed by atoms with Crippen molar-refractivity contribution in [1.29, 1.82) is 5.26 Å². The smallest absolute Gasteiger partial charge is 0.106 e. The van der Waals surface area contributed by atoms with Gasteiger partial charge in [0.25, 0.3) is 0 Å². The van der Waals surface area contributed by atoms with Crippen LogP contribution < -0.4 is 0 Å². The van der Waals surface area contributed by atoms with Crippen molar-refractivity contribution in [3.63, 3.8) is 0 Å². The van der Waals surface area contributed by atoms with Crippen LogP contribution in [0.3, 0.4) is 0 Å². The SMILES string of the molecule is N#Cc1ccc(Cl)cc1C(O)C(O)CCN=[N+]=[N-]. The van der Waals surface area contributed by atoms with Crippen LogP contribution in [-0.2, 0) is 0 Å². The number of nitriles is 1. The minimum Gasteiger partial charge on any atom is -0.390 e. The standard InChI is InChI=1S/C11H11ClN4O2/c12-8-2-1-7(6-13)9(5-8)11(18)10(17)3-4-15-16-14/h1-2,5,10-11,17-18H,3-4H2. The van der Waals surface area contributed by atoms with Crippen molar-refractivity contribution in [3.8, 4) is 6.07 Å². The first kappa shape index (κ1) is 14.3. The number of nitrogens with zero attached hydrogens (tertiary/aromatic N) is 4. The van der Waals surface area contributed by atoms with Gasteiger partial charge in [0.1, 0.15) is 6.10 Å². The average molecular weight is 267 g/mol. The highest BCUT2D eigenvalue weighted by Crippen LogP contribution is 2.25. The lowest BCUT2D eigenvalue weighted by Gasteiger charge is -2.18. The van der Waals surface area contributed by atoms with Crippen LogP contribution in [0, 0.1) is 11.3 Å². The van der Waals surface area contributed by atoms with Crippen molar-refractivity contribution in [3.05, 3.63) is 44.8 Å². The molecule has 2 atom stereocenters. The van der Waals surface area contributed by atoms with Gasteiger partial charge in [-0.2, -0.15) is 5.26 Å². The molecule has 0 spiro atoms. The zero-order chi connectivity index (χ0) is 13.5. The molecular weight excluding hydrogens is 256 g/mol. The molecule has 0 radical (unpaired) electrons. The molecule has 0 saturated heterocycles. The van der Waals surface area contributed by atoms with Gasteiger partial charge in [-0.25, -0.2) is 0 Å². The fraction of sp³-hybridized carbons (Fsp3) is 0.364. The monoisotopic (exact) mass is 266 g/mol. The molecular formula is C11H11ClN4O2. The fourth-order valence-electron chi connectivity index (χ4n) is 1.48. The van der Waals surface area contributed by atoms with Gasteiger partial charge >= 0.3 is 0 Å². The summed E-state index contributed by atoms with van der Waals surface area (Å²) >= 11 is 5.78. The molecule has 0 aliphatic rings. The Morgan fingerprint density at radius 3 is 2.83 bits per heavy atom. The summed E-state index contributed by atoms with van der Waals surface area (Å²) in [5.74, 6) is 0. The lowest BCUT2D eigenvalue weighted by atomic mass is 9.98. The predicted octanol–water partition coefficient (Wildman–Crippen LogP) is 2.31. The normalized spacial score (nSPS) is 13.2. The molecule has 1 rings (SSSR count). The van der Waals surface area contributed by atoms with Gasteiger partial charge in [-0.3, -0.25) is 0 Å². The summed E-state index contributed by atoms with van der Waals surface area (Å²) in [6.07, 6.45) is -2.27. The van der Waals surface area contributed by atoms with Crippen LogP contribution in [0.5, 0.6) is 0 Å². The first-order valence-electron chi connectivity index (χ1n) is 5.16. The third kappa shape index (κ3) is 3.62. The van der Waals surface area contributed by atoms with Gasteiger partial charge < -0.3 is 10.2 Å². The lowest BCUT2D eigenvalue weighted by Crippen LogP contribution is -2.20. The minimum atomic E-state index is -1.24. The van der Waals surface area contributed by atoms with E-state index in [1.807, 2.05) is 6.07 Å². The van der Waals surface area contributed by atoms with E-state index in [0.29, 0.717) is 5.02 Å². The van der Waals surface area contributed by atoms with E-state index in [0.717, 1.165) is 0 Å². The highest BCUT2D eigenvalue weighted by molar-refractivity contribution is 6.30. The van der Waals surface area contributed by atoms with Gasteiger partial charge in [0.15, 0.2) is 0 Å². The number of azide groups is 1. The van der Waals surface area contributed by atoms with Gasteiger partial charge in [-0.15, -0.1) is 0 Å². The Morgan fingerprint density at radius 2 is 2.22 bits per heavy atom. The number of rotatable bonds is 5. The van der Waals surface area contributed by atoms with Gasteiger partial charge in [0.05, 0.1) is 17.7 Å². The van der Waals surface area contributed by atoms with Crippen LogP contribution in [0.15, 0.2) is 23.3 Å². The maximum atomic E-state index is 9.93. The number of benzene rings is 1. The number of aliphatic hydroxyl groups is 2. The van der Waals surface area contributed by atoms with Crippen molar-refractivity contribution in [2.24, 2.45) is 5.11 Å². The number of halogens is 1. The van der Waals surface area contributed by atoms with E-state index in [1.165, 1.54) is 18.2 Å². The maximum Gasteiger partial charge on any atom is 0.106 e. The molecule has 0 bridgehead atoms. The molecule has 0 fully saturated rings. The summed E-state index contributed by atoms with van der Waals surface area (Å²) < 4.78 is 0. The lowest BCUT2D eigenvalue weighted by molar-refractivity contribution is 0.0149. The summed E-state index contributed by atoms with van der Waals surface area (Å²) in [7, 11) is 0. The highest BCUT2D eigenvalue weighted by Gasteiger charge is 2.21. The predicted molar refractivity (Wildman–Crippen MR) is 65.8 cm³/mol. The second-order valence-electron chi connectivity index (χ2n) is 3.60. The van der Waals surface area contributed by atoms with Crippen molar-refractivity contribution in [2.45, 2.75) is 18.6 Å². The minimum absolute atomic E-state index is 0.0666. The van der Waals surface area contributed by atoms with Crippen LogP contribution in [0.4, 0.5) is 0 Å². The molecule has 0 heterocycles. The third-order valence-corrected chi connectivity index (χ3v) is 2.64. The second kappa shape index (κ2) is 6.84. The van der Waals surface area contributed by atoms with E-state index in [2.05, 4.69) is 10.0 Å². The Kier molecular flexibility index (Phi) is 5.43. The third-order valence-electron chi connectivity index (χ3n) is 2.41. The van der Waals surface area contributed by atoms with E-state index < -0.39 is 12.2 Å². The Balaban J connectivity index is 2.88. The van der Waals surface area contributed by atoms with E-state index >= 15 is 0 Å². The molecule has 1 aromatic carbocycles. The van der Waals surface area contributed by atoms with E-state index in [4.69, 9.17) is 22.4 Å². The first-order chi connectivity index (χ1) is 8.60. The summed E-state index contributed by atoms with van der Waals surface area (Å²) in [6, 6.07) is 6.35. The van der Waals surface area contributed by atoms with Crippen LogP contribution in [0.1, 0.15) is 23.7 Å². The van der Waals surface area contributed by atoms with Gasteiger partial charge in [-0.05, 0) is 30.2 Å². The molecule has 6 nitrogen and oxygen atoms in total. The zero-order valence-electron chi connectivity index (χ0n) is 9.36. The number of hydrogen-bond donors (Lipinski definition) is 2. The van der Waals surface area contributed by atoms with Crippen LogP contribution >= 0.6 is 11.6 Å². The van der Waals surface area contributed by atoms with E-state index in [9.17, 15) is 10.2 Å². The average Bonchev–Trinajstić information content (AvgIpc) is 2.38. The molecule has 18 heavy (non-hydrogen) atoms. The van der Waals surface area contributed by atoms with Gasteiger partial charge in [-0.1, -0.05) is 16.7 Å². The van der Waals surface area contributed by atoms with E-state index in [-0.39, 0.29) is 24.1 Å². The Labute approximate surface area is 109 Å². The Morgan fingerprint density at radius 1 is 1.50 bits per heavy atom.